The number of nitrogens with one attached hydrogen (secondary N) is 1. The van der Waals surface area contributed by atoms with Crippen molar-refractivity contribution in [1.29, 1.82) is 0 Å². The van der Waals surface area contributed by atoms with Crippen molar-refractivity contribution < 1.29 is 4.74 Å². The fourth-order valence-electron chi connectivity index (χ4n) is 2.46. The van der Waals surface area contributed by atoms with Gasteiger partial charge < -0.3 is 10.1 Å². The molecule has 1 unspecified atom stereocenters. The van der Waals surface area contributed by atoms with Crippen LogP contribution in [0.4, 0.5) is 0 Å². The van der Waals surface area contributed by atoms with Crippen LogP contribution in [0, 0.1) is 0 Å². The second-order valence-corrected chi connectivity index (χ2v) is 6.18. The van der Waals surface area contributed by atoms with Gasteiger partial charge in [-0.1, -0.05) is 18.6 Å². The van der Waals surface area contributed by atoms with Crippen molar-refractivity contribution in [2.45, 2.75) is 38.6 Å². The van der Waals surface area contributed by atoms with Crippen molar-refractivity contribution in [3.63, 3.8) is 0 Å². The summed E-state index contributed by atoms with van der Waals surface area (Å²) in [5.74, 6) is 2.37. The molecule has 1 atom stereocenters. The summed E-state index contributed by atoms with van der Waals surface area (Å²) in [7, 11) is 0. The first-order valence-corrected chi connectivity index (χ1v) is 8.68. The third-order valence-corrected chi connectivity index (χ3v) is 4.39. The lowest BCUT2D eigenvalue weighted by atomic mass is 10.0. The third kappa shape index (κ3) is 4.43. The Morgan fingerprint density at radius 2 is 2.21 bits per heavy atom. The highest BCUT2D eigenvalue weighted by Crippen LogP contribution is 2.28. The van der Waals surface area contributed by atoms with Crippen molar-refractivity contribution in [2.24, 2.45) is 0 Å². The number of ether oxygens (including phenoxy) is 1. The summed E-state index contributed by atoms with van der Waals surface area (Å²) in [6.07, 6.45) is 7.19. The van der Waals surface area contributed by atoms with Crippen LogP contribution in [0.3, 0.4) is 0 Å². The van der Waals surface area contributed by atoms with Crippen LogP contribution in [0.1, 0.15) is 43.4 Å². The molecule has 1 aromatic rings. The SMILES string of the molecule is CSCCCCCNC(C)c1ccc2c(c1)CCO2. The minimum atomic E-state index is 0.437. The highest BCUT2D eigenvalue weighted by Gasteiger charge is 2.14. The van der Waals surface area contributed by atoms with Crippen molar-refractivity contribution in [2.75, 3.05) is 25.2 Å². The van der Waals surface area contributed by atoms with Crippen molar-refractivity contribution >= 4 is 11.8 Å². The highest BCUT2D eigenvalue weighted by atomic mass is 32.2. The Balaban J connectivity index is 1.72. The molecule has 0 saturated heterocycles. The van der Waals surface area contributed by atoms with E-state index in [4.69, 9.17) is 4.74 Å². The molecule has 19 heavy (non-hydrogen) atoms. The van der Waals surface area contributed by atoms with Crippen LogP contribution >= 0.6 is 11.8 Å². The molecule has 0 fully saturated rings. The molecular formula is C16H25NOS. The monoisotopic (exact) mass is 279 g/mol. The van der Waals surface area contributed by atoms with Crippen molar-refractivity contribution in [1.82, 2.24) is 5.32 Å². The van der Waals surface area contributed by atoms with Crippen molar-refractivity contribution in [3.05, 3.63) is 29.3 Å². The van der Waals surface area contributed by atoms with Gasteiger partial charge in [0, 0.05) is 12.5 Å². The Morgan fingerprint density at radius 1 is 1.32 bits per heavy atom. The van der Waals surface area contributed by atoms with Gasteiger partial charge in [-0.15, -0.1) is 0 Å². The average Bonchev–Trinajstić information content (AvgIpc) is 2.89. The van der Waals surface area contributed by atoms with E-state index >= 15 is 0 Å². The topological polar surface area (TPSA) is 21.3 Å². The zero-order valence-electron chi connectivity index (χ0n) is 12.1. The maximum atomic E-state index is 5.55. The van der Waals surface area contributed by atoms with E-state index in [-0.39, 0.29) is 0 Å². The van der Waals surface area contributed by atoms with Crippen LogP contribution < -0.4 is 10.1 Å². The predicted molar refractivity (Wildman–Crippen MR) is 84.3 cm³/mol. The molecule has 1 aliphatic heterocycles. The summed E-state index contributed by atoms with van der Waals surface area (Å²) in [5, 5.41) is 3.62. The standard InChI is InChI=1S/C16H25NOS/c1-13(17-9-4-3-5-11-19-2)14-6-7-16-15(12-14)8-10-18-16/h6-7,12-13,17H,3-5,8-11H2,1-2H3. The molecular weight excluding hydrogens is 254 g/mol. The van der Waals surface area contributed by atoms with Gasteiger partial charge in [0.15, 0.2) is 0 Å². The summed E-state index contributed by atoms with van der Waals surface area (Å²) in [6.45, 7) is 4.21. The Bertz CT molecular complexity index is 394. The Kier molecular flexibility index (Phi) is 6.05. The molecule has 0 saturated carbocycles. The normalized spacial score (nSPS) is 15.1. The van der Waals surface area contributed by atoms with E-state index in [0.717, 1.165) is 25.3 Å². The first kappa shape index (κ1) is 14.7. The van der Waals surface area contributed by atoms with Gasteiger partial charge >= 0.3 is 0 Å². The fraction of sp³-hybridized carbons (Fsp3) is 0.625. The molecule has 0 aliphatic carbocycles. The lowest BCUT2D eigenvalue weighted by molar-refractivity contribution is 0.356. The van der Waals surface area contributed by atoms with Gasteiger partial charge in [0.1, 0.15) is 5.75 Å². The maximum absolute atomic E-state index is 5.55. The van der Waals surface area contributed by atoms with Gasteiger partial charge in [-0.3, -0.25) is 0 Å². The molecule has 1 aliphatic rings. The third-order valence-electron chi connectivity index (χ3n) is 3.69. The van der Waals surface area contributed by atoms with Crippen LogP contribution in [0.5, 0.6) is 5.75 Å². The molecule has 2 rings (SSSR count). The molecule has 3 heteroatoms. The summed E-state index contributed by atoms with van der Waals surface area (Å²) in [4.78, 5) is 0. The molecule has 1 N–H and O–H groups in total. The molecule has 0 radical (unpaired) electrons. The van der Waals surface area contributed by atoms with E-state index in [0.29, 0.717) is 6.04 Å². The largest absolute Gasteiger partial charge is 0.493 e. The second kappa shape index (κ2) is 7.81. The number of benzene rings is 1. The molecule has 0 amide bonds. The smallest absolute Gasteiger partial charge is 0.122 e. The van der Waals surface area contributed by atoms with Crippen LogP contribution in [0.15, 0.2) is 18.2 Å². The second-order valence-electron chi connectivity index (χ2n) is 5.19. The molecule has 0 aromatic heterocycles. The maximum Gasteiger partial charge on any atom is 0.122 e. The zero-order chi connectivity index (χ0) is 13.5. The van der Waals surface area contributed by atoms with E-state index in [1.165, 1.54) is 36.1 Å². The average molecular weight is 279 g/mol. The molecule has 2 nitrogen and oxygen atoms in total. The minimum absolute atomic E-state index is 0.437. The van der Waals surface area contributed by atoms with E-state index in [1.54, 1.807) is 0 Å². The molecule has 106 valence electrons. The van der Waals surface area contributed by atoms with Gasteiger partial charge in [-0.05, 0) is 55.5 Å². The fourth-order valence-corrected chi connectivity index (χ4v) is 2.95. The number of hydrogen-bond donors (Lipinski definition) is 1. The van der Waals surface area contributed by atoms with Gasteiger partial charge in [0.05, 0.1) is 6.61 Å². The zero-order valence-corrected chi connectivity index (χ0v) is 12.9. The van der Waals surface area contributed by atoms with Crippen LogP contribution in [-0.2, 0) is 6.42 Å². The Hall–Kier alpha value is -0.670. The molecule has 1 aromatic carbocycles. The number of unbranched alkanes of at least 4 members (excludes halogenated alkanes) is 2. The van der Waals surface area contributed by atoms with E-state index in [2.05, 4.69) is 36.7 Å². The van der Waals surface area contributed by atoms with Gasteiger partial charge in [0.25, 0.3) is 0 Å². The first-order valence-electron chi connectivity index (χ1n) is 7.29. The summed E-state index contributed by atoms with van der Waals surface area (Å²) in [6, 6.07) is 7.05. The van der Waals surface area contributed by atoms with Gasteiger partial charge in [0.2, 0.25) is 0 Å². The lowest BCUT2D eigenvalue weighted by Crippen LogP contribution is -2.19. The van der Waals surface area contributed by atoms with Crippen LogP contribution in [0.25, 0.3) is 0 Å². The molecule has 0 bridgehead atoms. The van der Waals surface area contributed by atoms with Gasteiger partial charge in [-0.25, -0.2) is 0 Å². The van der Waals surface area contributed by atoms with E-state index in [1.807, 2.05) is 11.8 Å². The summed E-state index contributed by atoms with van der Waals surface area (Å²) < 4.78 is 5.55. The highest BCUT2D eigenvalue weighted by molar-refractivity contribution is 7.98. The summed E-state index contributed by atoms with van der Waals surface area (Å²) in [5.41, 5.74) is 2.75. The van der Waals surface area contributed by atoms with Crippen LogP contribution in [0.2, 0.25) is 0 Å². The Morgan fingerprint density at radius 3 is 3.05 bits per heavy atom. The van der Waals surface area contributed by atoms with Crippen molar-refractivity contribution in [3.8, 4) is 5.75 Å². The van der Waals surface area contributed by atoms with E-state index in [9.17, 15) is 0 Å². The minimum Gasteiger partial charge on any atom is -0.493 e. The number of thioether (sulfide) groups is 1. The lowest BCUT2D eigenvalue weighted by Gasteiger charge is -2.15. The van der Waals surface area contributed by atoms with Gasteiger partial charge in [-0.2, -0.15) is 11.8 Å². The predicted octanol–water partition coefficient (Wildman–Crippen LogP) is 3.81. The summed E-state index contributed by atoms with van der Waals surface area (Å²) >= 11 is 1.94. The Labute approximate surface area is 121 Å². The number of hydrogen-bond acceptors (Lipinski definition) is 3. The van der Waals surface area contributed by atoms with E-state index < -0.39 is 0 Å². The number of rotatable bonds is 8. The molecule has 1 heterocycles. The van der Waals surface area contributed by atoms with Crippen LogP contribution in [-0.4, -0.2) is 25.2 Å². The first-order chi connectivity index (χ1) is 9.31. The molecule has 0 spiro atoms. The quantitative estimate of drug-likeness (QED) is 0.731. The number of fused-ring (bicyclic) bond motifs is 1.